The number of aromatic nitrogens is 2. The molecule has 9 aromatic rings. The minimum absolute atomic E-state index is 0.118. The van der Waals surface area contributed by atoms with E-state index in [9.17, 15) is 0 Å². The summed E-state index contributed by atoms with van der Waals surface area (Å²) in [6, 6.07) is 58.5. The highest BCUT2D eigenvalue weighted by atomic mass is 32.1. The Kier molecular flexibility index (Phi) is 6.81. The van der Waals surface area contributed by atoms with Gasteiger partial charge in [0, 0.05) is 42.3 Å². The first kappa shape index (κ1) is 29.6. The summed E-state index contributed by atoms with van der Waals surface area (Å²) in [5, 5.41) is 2.31. The zero-order valence-electron chi connectivity index (χ0n) is 29.9. The molecule has 0 aliphatic heterocycles. The number of nitrogens with zero attached hydrogens (tertiary/aromatic N) is 2. The molecule has 0 radical (unpaired) electrons. The highest BCUT2D eigenvalue weighted by molar-refractivity contribution is 7.26. The molecule has 10 rings (SSSR count). The Balaban J connectivity index is 1.24. The lowest BCUT2D eigenvalue weighted by atomic mass is 9.82. The molecule has 1 aliphatic rings. The number of rotatable bonds is 5. The summed E-state index contributed by atoms with van der Waals surface area (Å²) in [7, 11) is 0. The van der Waals surface area contributed by atoms with Crippen LogP contribution in [-0.2, 0) is 5.41 Å². The Hall–Kier alpha value is -6.16. The smallest absolute Gasteiger partial charge is 0.160 e. The lowest BCUT2D eigenvalue weighted by Gasteiger charge is -2.21. The minimum Gasteiger partial charge on any atom is -0.228 e. The lowest BCUT2D eigenvalue weighted by Crippen LogP contribution is -2.14. The third kappa shape index (κ3) is 4.92. The maximum Gasteiger partial charge on any atom is 0.160 e. The Bertz CT molecular complexity index is 2870. The van der Waals surface area contributed by atoms with Gasteiger partial charge >= 0.3 is 0 Å². The molecule has 0 amide bonds. The van der Waals surface area contributed by atoms with Crippen LogP contribution in [0.3, 0.4) is 0 Å². The molecule has 1 aliphatic carbocycles. The van der Waals surface area contributed by atoms with Crippen molar-refractivity contribution in [3.8, 4) is 67.3 Å². The predicted molar refractivity (Wildman–Crippen MR) is 220 cm³/mol. The zero-order chi connectivity index (χ0) is 35.7. The largest absolute Gasteiger partial charge is 0.228 e. The third-order valence-electron chi connectivity index (χ3n) is 10.6. The van der Waals surface area contributed by atoms with Crippen molar-refractivity contribution in [2.45, 2.75) is 19.3 Å². The summed E-state index contributed by atoms with van der Waals surface area (Å²) in [6.07, 6.45) is 0. The van der Waals surface area contributed by atoms with Crippen LogP contribution in [0, 0.1) is 0 Å². The van der Waals surface area contributed by atoms with Crippen molar-refractivity contribution < 1.29 is 1.37 Å². The van der Waals surface area contributed by atoms with E-state index in [1.807, 2.05) is 30.3 Å². The van der Waals surface area contributed by atoms with E-state index in [0.717, 1.165) is 60.4 Å². The van der Waals surface area contributed by atoms with Crippen LogP contribution in [0.5, 0.6) is 0 Å². The maximum atomic E-state index is 8.65. The average Bonchev–Trinajstić information content (AvgIpc) is 3.71. The number of thiophene rings is 1. The molecule has 0 saturated heterocycles. The van der Waals surface area contributed by atoms with Crippen LogP contribution in [0.2, 0.25) is 0 Å². The first-order valence-corrected chi connectivity index (χ1v) is 18.6. The van der Waals surface area contributed by atoms with Gasteiger partial charge in [0.15, 0.2) is 5.82 Å². The summed E-state index contributed by atoms with van der Waals surface area (Å²) in [6.45, 7) is 4.64. The van der Waals surface area contributed by atoms with E-state index in [1.165, 1.54) is 32.3 Å². The van der Waals surface area contributed by atoms with Gasteiger partial charge in [0.05, 0.1) is 12.8 Å². The summed E-state index contributed by atoms with van der Waals surface area (Å²) < 4.78 is 10.9. The molecule has 2 aromatic heterocycles. The predicted octanol–water partition coefficient (Wildman–Crippen LogP) is 13.5. The van der Waals surface area contributed by atoms with E-state index in [4.69, 9.17) is 11.3 Å². The number of benzene rings is 7. The number of hydrogen-bond donors (Lipinski definition) is 0. The van der Waals surface area contributed by atoms with Crippen molar-refractivity contribution in [1.29, 1.82) is 0 Å². The summed E-state index contributed by atoms with van der Waals surface area (Å²) >= 11 is 1.70. The molecule has 52 heavy (non-hydrogen) atoms. The van der Waals surface area contributed by atoms with Gasteiger partial charge in [-0.05, 0) is 74.8 Å². The standard InChI is InChI=1S/C49H34N2S/c1-49(2)41-24-11-9-20-39(41)46-40(23-14-25-42(46)49)44-30-43(50-48(51-44)32-17-7-4-8-18-32)35-28-33(31-15-5-3-6-16-31)27-34(29-35)36-21-13-22-38-37-19-10-12-26-45(37)52-47(36)38/h3-30H,1-2H3/i26D. The molecule has 0 unspecified atom stereocenters. The van der Waals surface area contributed by atoms with Gasteiger partial charge in [0.25, 0.3) is 0 Å². The summed E-state index contributed by atoms with van der Waals surface area (Å²) in [4.78, 5) is 10.6. The van der Waals surface area contributed by atoms with Crippen LogP contribution in [-0.4, -0.2) is 9.97 Å². The van der Waals surface area contributed by atoms with E-state index >= 15 is 0 Å². The fourth-order valence-electron chi connectivity index (χ4n) is 8.05. The topological polar surface area (TPSA) is 25.8 Å². The molecular formula is C49H34N2S. The van der Waals surface area contributed by atoms with Gasteiger partial charge in [0.2, 0.25) is 0 Å². The molecule has 0 spiro atoms. The van der Waals surface area contributed by atoms with Crippen LogP contribution in [0.4, 0.5) is 0 Å². The van der Waals surface area contributed by atoms with Gasteiger partial charge in [-0.2, -0.15) is 0 Å². The van der Waals surface area contributed by atoms with Crippen LogP contribution in [0.25, 0.3) is 87.5 Å². The molecular weight excluding hydrogens is 649 g/mol. The van der Waals surface area contributed by atoms with Crippen LogP contribution < -0.4 is 0 Å². The van der Waals surface area contributed by atoms with E-state index < -0.39 is 0 Å². The van der Waals surface area contributed by atoms with Gasteiger partial charge in [-0.1, -0.05) is 153 Å². The van der Waals surface area contributed by atoms with Crippen molar-refractivity contribution in [3.05, 3.63) is 181 Å². The SMILES string of the molecule is [2H]c1cccc2c1sc1c(-c3cc(-c4ccccc4)cc(-c4cc(-c5cccc6c5-c5ccccc5C6(C)C)nc(-c5ccccc5)n4)c3)cccc12. The summed E-state index contributed by atoms with van der Waals surface area (Å²) in [5.41, 5.74) is 14.5. The van der Waals surface area contributed by atoms with Gasteiger partial charge < -0.3 is 0 Å². The molecule has 7 aromatic carbocycles. The molecule has 0 saturated carbocycles. The van der Waals surface area contributed by atoms with Gasteiger partial charge in [0.1, 0.15) is 0 Å². The molecule has 2 heterocycles. The van der Waals surface area contributed by atoms with Gasteiger partial charge in [-0.25, -0.2) is 9.97 Å². The second kappa shape index (κ2) is 12.0. The molecule has 0 bridgehead atoms. The fraction of sp³-hybridized carbons (Fsp3) is 0.0612. The van der Waals surface area contributed by atoms with Crippen molar-refractivity contribution in [3.63, 3.8) is 0 Å². The molecule has 246 valence electrons. The molecule has 0 N–H and O–H groups in total. The first-order chi connectivity index (χ1) is 25.9. The lowest BCUT2D eigenvalue weighted by molar-refractivity contribution is 0.660. The van der Waals surface area contributed by atoms with Crippen LogP contribution in [0.1, 0.15) is 26.3 Å². The van der Waals surface area contributed by atoms with Crippen LogP contribution >= 0.6 is 11.3 Å². The molecule has 0 fully saturated rings. The fourth-order valence-corrected chi connectivity index (χ4v) is 9.26. The van der Waals surface area contributed by atoms with Gasteiger partial charge in [-0.3, -0.25) is 0 Å². The zero-order valence-corrected chi connectivity index (χ0v) is 29.7. The number of hydrogen-bond acceptors (Lipinski definition) is 3. The highest BCUT2D eigenvalue weighted by Crippen LogP contribution is 2.52. The monoisotopic (exact) mass is 683 g/mol. The minimum atomic E-state index is -0.118. The van der Waals surface area contributed by atoms with Crippen LogP contribution in [0.15, 0.2) is 170 Å². The van der Waals surface area contributed by atoms with Crippen molar-refractivity contribution >= 4 is 31.5 Å². The van der Waals surface area contributed by atoms with E-state index in [2.05, 4.69) is 147 Å². The summed E-state index contributed by atoms with van der Waals surface area (Å²) in [5.74, 6) is 0.697. The Morgan fingerprint density at radius 3 is 1.94 bits per heavy atom. The maximum absolute atomic E-state index is 8.65. The Morgan fingerprint density at radius 1 is 0.481 bits per heavy atom. The van der Waals surface area contributed by atoms with E-state index in [-0.39, 0.29) is 5.41 Å². The Labute approximate surface area is 309 Å². The van der Waals surface area contributed by atoms with E-state index in [1.54, 1.807) is 11.3 Å². The second-order valence-corrected chi connectivity index (χ2v) is 15.1. The highest BCUT2D eigenvalue weighted by Gasteiger charge is 2.36. The van der Waals surface area contributed by atoms with Crippen molar-refractivity contribution in [2.75, 3.05) is 0 Å². The van der Waals surface area contributed by atoms with Crippen molar-refractivity contribution in [1.82, 2.24) is 9.97 Å². The van der Waals surface area contributed by atoms with Crippen molar-refractivity contribution in [2.24, 2.45) is 0 Å². The van der Waals surface area contributed by atoms with E-state index in [0.29, 0.717) is 11.9 Å². The third-order valence-corrected chi connectivity index (χ3v) is 11.8. The quantitative estimate of drug-likeness (QED) is 0.180. The first-order valence-electron chi connectivity index (χ1n) is 18.2. The van der Waals surface area contributed by atoms with Gasteiger partial charge in [-0.15, -0.1) is 11.3 Å². The molecule has 2 nitrogen and oxygen atoms in total. The normalized spacial score (nSPS) is 13.2. The number of fused-ring (bicyclic) bond motifs is 6. The molecule has 3 heteroatoms. The average molecular weight is 684 g/mol. The second-order valence-electron chi connectivity index (χ2n) is 14.1. The molecule has 0 atom stereocenters. The Morgan fingerprint density at radius 2 is 1.10 bits per heavy atom.